The molecule has 0 aliphatic heterocycles. The van der Waals surface area contributed by atoms with Crippen molar-refractivity contribution < 1.29 is 9.53 Å². The van der Waals surface area contributed by atoms with E-state index >= 15 is 0 Å². The Balaban J connectivity index is 1.64. The summed E-state index contributed by atoms with van der Waals surface area (Å²) in [7, 11) is 1.74. The number of ether oxygens (including phenoxy) is 1. The summed E-state index contributed by atoms with van der Waals surface area (Å²) < 4.78 is 9.06. The molecule has 2 aromatic carbocycles. The monoisotopic (exact) mass is 490 g/mol. The Morgan fingerprint density at radius 3 is 2.67 bits per heavy atom. The number of halogens is 2. The molecule has 0 bridgehead atoms. The molecular formula is C19H16Br2N4O2. The Hall–Kier alpha value is -2.45. The Morgan fingerprint density at radius 2 is 1.96 bits per heavy atom. The van der Waals surface area contributed by atoms with E-state index in [0.717, 1.165) is 15.6 Å². The molecule has 0 saturated heterocycles. The van der Waals surface area contributed by atoms with Gasteiger partial charge in [-0.3, -0.25) is 9.48 Å². The number of aryl methyl sites for hydroxylation is 1. The predicted octanol–water partition coefficient (Wildman–Crippen LogP) is 4.29. The first-order valence-corrected chi connectivity index (χ1v) is 9.60. The second kappa shape index (κ2) is 8.96. The minimum Gasteiger partial charge on any atom is -0.488 e. The molecule has 3 rings (SSSR count). The fourth-order valence-corrected chi connectivity index (χ4v) is 3.11. The second-order valence-corrected chi connectivity index (χ2v) is 7.42. The molecule has 0 saturated carbocycles. The average molecular weight is 492 g/mol. The Bertz CT molecular complexity index is 968. The quantitative estimate of drug-likeness (QED) is 0.413. The lowest BCUT2D eigenvalue weighted by atomic mass is 10.2. The van der Waals surface area contributed by atoms with Crippen LogP contribution in [-0.2, 0) is 13.7 Å². The van der Waals surface area contributed by atoms with Crippen LogP contribution in [0.15, 0.2) is 68.8 Å². The minimum absolute atomic E-state index is 0.273. The average Bonchev–Trinajstić information content (AvgIpc) is 3.00. The molecule has 8 heteroatoms. The Kier molecular flexibility index (Phi) is 6.41. The summed E-state index contributed by atoms with van der Waals surface area (Å²) in [6.07, 6.45) is 3.25. The summed E-state index contributed by atoms with van der Waals surface area (Å²) in [5, 5.41) is 8.09. The number of nitrogens with one attached hydrogen (secondary N) is 1. The topological polar surface area (TPSA) is 68.5 Å². The van der Waals surface area contributed by atoms with Crippen LogP contribution in [-0.4, -0.2) is 21.9 Å². The van der Waals surface area contributed by atoms with Gasteiger partial charge < -0.3 is 4.74 Å². The van der Waals surface area contributed by atoms with Gasteiger partial charge in [-0.1, -0.05) is 40.2 Å². The minimum atomic E-state index is -0.396. The van der Waals surface area contributed by atoms with Crippen molar-refractivity contribution in [1.29, 1.82) is 0 Å². The molecule has 6 nitrogen and oxygen atoms in total. The summed E-state index contributed by atoms with van der Waals surface area (Å²) in [6.45, 7) is 0.436. The van der Waals surface area contributed by atoms with Crippen molar-refractivity contribution in [3.63, 3.8) is 0 Å². The lowest BCUT2D eigenvalue weighted by Gasteiger charge is -2.09. The standard InChI is InChI=1S/C19H16Br2N4O2/c1-25-11-16(21)18(24-25)19(26)23-22-10-14-4-2-3-5-17(14)27-12-13-6-8-15(20)9-7-13/h2-11H,12H2,1H3,(H,23,26)/b22-10+. The first-order valence-electron chi connectivity index (χ1n) is 8.02. The molecule has 1 aromatic heterocycles. The molecular weight excluding hydrogens is 476 g/mol. The van der Waals surface area contributed by atoms with E-state index in [-0.39, 0.29) is 5.69 Å². The number of amides is 1. The number of hydrazone groups is 1. The summed E-state index contributed by atoms with van der Waals surface area (Å²) in [5.74, 6) is 0.282. The van der Waals surface area contributed by atoms with E-state index in [1.54, 1.807) is 24.1 Å². The number of carbonyl (C=O) groups is 1. The van der Waals surface area contributed by atoms with Gasteiger partial charge in [-0.2, -0.15) is 10.2 Å². The van der Waals surface area contributed by atoms with Crippen molar-refractivity contribution >= 4 is 44.0 Å². The van der Waals surface area contributed by atoms with Gasteiger partial charge in [0.15, 0.2) is 5.69 Å². The first kappa shape index (κ1) is 19.3. The van der Waals surface area contributed by atoms with Gasteiger partial charge in [0.25, 0.3) is 5.91 Å². The number of rotatable bonds is 6. The van der Waals surface area contributed by atoms with E-state index in [1.165, 1.54) is 0 Å². The van der Waals surface area contributed by atoms with Crippen LogP contribution in [0.4, 0.5) is 0 Å². The summed E-state index contributed by atoms with van der Waals surface area (Å²) in [6, 6.07) is 15.4. The number of benzene rings is 2. The summed E-state index contributed by atoms with van der Waals surface area (Å²) in [4.78, 5) is 12.1. The largest absolute Gasteiger partial charge is 0.488 e. The molecule has 27 heavy (non-hydrogen) atoms. The Labute approximate surface area is 173 Å². The number of hydrogen-bond acceptors (Lipinski definition) is 4. The fourth-order valence-electron chi connectivity index (χ4n) is 2.29. The van der Waals surface area contributed by atoms with Crippen molar-refractivity contribution in [2.45, 2.75) is 6.61 Å². The molecule has 0 aliphatic carbocycles. The zero-order chi connectivity index (χ0) is 19.2. The molecule has 0 radical (unpaired) electrons. The highest BCUT2D eigenvalue weighted by molar-refractivity contribution is 9.10. The molecule has 0 fully saturated rings. The molecule has 3 aromatic rings. The zero-order valence-corrected chi connectivity index (χ0v) is 17.6. The molecule has 0 spiro atoms. The Morgan fingerprint density at radius 1 is 1.22 bits per heavy atom. The summed E-state index contributed by atoms with van der Waals surface area (Å²) in [5.41, 5.74) is 4.56. The molecule has 0 atom stereocenters. The van der Waals surface area contributed by atoms with Crippen LogP contribution in [0.2, 0.25) is 0 Å². The molecule has 1 N–H and O–H groups in total. The van der Waals surface area contributed by atoms with Gasteiger partial charge in [-0.25, -0.2) is 5.43 Å². The van der Waals surface area contributed by atoms with Crippen LogP contribution in [0.1, 0.15) is 21.6 Å². The normalized spacial score (nSPS) is 10.9. The van der Waals surface area contributed by atoms with Crippen molar-refractivity contribution in [3.8, 4) is 5.75 Å². The number of para-hydroxylation sites is 1. The van der Waals surface area contributed by atoms with Crippen LogP contribution in [0.5, 0.6) is 5.75 Å². The van der Waals surface area contributed by atoms with E-state index in [4.69, 9.17) is 4.74 Å². The van der Waals surface area contributed by atoms with E-state index in [1.807, 2.05) is 48.5 Å². The maximum atomic E-state index is 12.1. The van der Waals surface area contributed by atoms with E-state index in [2.05, 4.69) is 47.5 Å². The van der Waals surface area contributed by atoms with Gasteiger partial charge in [-0.05, 0) is 45.8 Å². The predicted molar refractivity (Wildman–Crippen MR) is 111 cm³/mol. The van der Waals surface area contributed by atoms with Crippen molar-refractivity contribution in [2.24, 2.45) is 12.1 Å². The zero-order valence-electron chi connectivity index (χ0n) is 14.4. The lowest BCUT2D eigenvalue weighted by Crippen LogP contribution is -2.19. The molecule has 1 heterocycles. The third-order valence-electron chi connectivity index (χ3n) is 3.60. The first-order chi connectivity index (χ1) is 13.0. The maximum absolute atomic E-state index is 12.1. The van der Waals surface area contributed by atoms with E-state index < -0.39 is 5.91 Å². The highest BCUT2D eigenvalue weighted by Gasteiger charge is 2.13. The van der Waals surface area contributed by atoms with Crippen LogP contribution in [0.3, 0.4) is 0 Å². The van der Waals surface area contributed by atoms with E-state index in [9.17, 15) is 4.79 Å². The van der Waals surface area contributed by atoms with Gasteiger partial charge in [0.05, 0.1) is 10.7 Å². The number of hydrogen-bond donors (Lipinski definition) is 1. The van der Waals surface area contributed by atoms with Gasteiger partial charge in [0.2, 0.25) is 0 Å². The second-order valence-electron chi connectivity index (χ2n) is 5.65. The van der Waals surface area contributed by atoms with Crippen LogP contribution >= 0.6 is 31.9 Å². The van der Waals surface area contributed by atoms with Gasteiger partial charge >= 0.3 is 0 Å². The highest BCUT2D eigenvalue weighted by Crippen LogP contribution is 2.19. The van der Waals surface area contributed by atoms with E-state index in [0.29, 0.717) is 16.8 Å². The maximum Gasteiger partial charge on any atom is 0.293 e. The fraction of sp³-hybridized carbons (Fsp3) is 0.105. The van der Waals surface area contributed by atoms with Gasteiger partial charge in [-0.15, -0.1) is 0 Å². The van der Waals surface area contributed by atoms with Crippen molar-refractivity contribution in [2.75, 3.05) is 0 Å². The van der Waals surface area contributed by atoms with Crippen LogP contribution in [0.25, 0.3) is 0 Å². The van der Waals surface area contributed by atoms with Crippen molar-refractivity contribution in [1.82, 2.24) is 15.2 Å². The molecule has 0 unspecified atom stereocenters. The lowest BCUT2D eigenvalue weighted by molar-refractivity contribution is 0.0948. The highest BCUT2D eigenvalue weighted by atomic mass is 79.9. The number of nitrogens with zero attached hydrogens (tertiary/aromatic N) is 3. The molecule has 1 amide bonds. The SMILES string of the molecule is Cn1cc(Br)c(C(=O)N/N=C/c2ccccc2OCc2ccc(Br)cc2)n1. The summed E-state index contributed by atoms with van der Waals surface area (Å²) >= 11 is 6.71. The number of carbonyl (C=O) groups excluding carboxylic acids is 1. The molecule has 0 aliphatic rings. The van der Waals surface area contributed by atoms with Gasteiger partial charge in [0, 0.05) is 23.3 Å². The molecule has 138 valence electrons. The smallest absolute Gasteiger partial charge is 0.293 e. The van der Waals surface area contributed by atoms with Gasteiger partial charge in [0.1, 0.15) is 12.4 Å². The van der Waals surface area contributed by atoms with Crippen LogP contribution < -0.4 is 10.2 Å². The van der Waals surface area contributed by atoms with Crippen molar-refractivity contribution in [3.05, 3.63) is 80.5 Å². The third kappa shape index (κ3) is 5.27. The number of aromatic nitrogens is 2. The van der Waals surface area contributed by atoms with Crippen LogP contribution in [0, 0.1) is 0 Å². The third-order valence-corrected chi connectivity index (χ3v) is 4.70.